The molecule has 0 heterocycles. The molecule has 0 aromatic heterocycles. The lowest BCUT2D eigenvalue weighted by Crippen LogP contribution is -2.28. The number of ether oxygens (including phenoxy) is 1. The molecule has 0 fully saturated rings. The Balaban J connectivity index is 4.53. The van der Waals surface area contributed by atoms with Crippen LogP contribution in [0.2, 0.25) is 0 Å². The minimum absolute atomic E-state index is 0.0199. The number of methoxy groups -OCH3 is 1. The van der Waals surface area contributed by atoms with Gasteiger partial charge >= 0.3 is 5.97 Å². The van der Waals surface area contributed by atoms with Crippen molar-refractivity contribution in [1.29, 1.82) is 0 Å². The Bertz CT molecular complexity index is 463. The third-order valence-electron chi connectivity index (χ3n) is 2.49. The van der Waals surface area contributed by atoms with Crippen LogP contribution >= 0.6 is 0 Å². The van der Waals surface area contributed by atoms with Gasteiger partial charge in [0, 0.05) is 5.75 Å². The van der Waals surface area contributed by atoms with Gasteiger partial charge in [0.15, 0.2) is 19.7 Å². The van der Waals surface area contributed by atoms with Gasteiger partial charge in [-0.15, -0.1) is 0 Å². The molecule has 18 heavy (non-hydrogen) atoms. The van der Waals surface area contributed by atoms with E-state index in [2.05, 4.69) is 4.74 Å². The highest BCUT2D eigenvalue weighted by molar-refractivity contribution is 7.95. The summed E-state index contributed by atoms with van der Waals surface area (Å²) >= 11 is 0. The second-order valence-corrected chi connectivity index (χ2v) is 8.95. The SMILES string of the molecule is CCCS(=O)(=O)CCS(=O)(=O)C(C)CC(=O)OC. The first-order valence-electron chi connectivity index (χ1n) is 5.63. The monoisotopic (exact) mass is 300 g/mol. The van der Waals surface area contributed by atoms with Gasteiger partial charge in [0.1, 0.15) is 0 Å². The van der Waals surface area contributed by atoms with Crippen molar-refractivity contribution in [2.75, 3.05) is 24.4 Å². The van der Waals surface area contributed by atoms with E-state index in [0.29, 0.717) is 6.42 Å². The van der Waals surface area contributed by atoms with Crippen LogP contribution in [0.25, 0.3) is 0 Å². The molecule has 0 saturated heterocycles. The van der Waals surface area contributed by atoms with Gasteiger partial charge in [0.25, 0.3) is 0 Å². The maximum absolute atomic E-state index is 11.8. The van der Waals surface area contributed by atoms with Crippen LogP contribution in [0.15, 0.2) is 0 Å². The maximum atomic E-state index is 11.8. The molecule has 8 heteroatoms. The number of carbonyl (C=O) groups is 1. The Morgan fingerprint density at radius 3 is 2.11 bits per heavy atom. The van der Waals surface area contributed by atoms with E-state index in [4.69, 9.17) is 0 Å². The molecule has 0 aliphatic heterocycles. The fraction of sp³-hybridized carbons (Fsp3) is 0.900. The highest BCUT2D eigenvalue weighted by Crippen LogP contribution is 2.09. The molecule has 0 radical (unpaired) electrons. The zero-order chi connectivity index (χ0) is 14.4. The minimum atomic E-state index is -3.60. The number of esters is 1. The lowest BCUT2D eigenvalue weighted by Gasteiger charge is -2.11. The van der Waals surface area contributed by atoms with E-state index in [9.17, 15) is 21.6 Å². The molecule has 0 saturated carbocycles. The Hall–Kier alpha value is -0.630. The van der Waals surface area contributed by atoms with Gasteiger partial charge < -0.3 is 4.74 Å². The van der Waals surface area contributed by atoms with Crippen LogP contribution in [0.1, 0.15) is 26.7 Å². The third-order valence-corrected chi connectivity index (χ3v) is 6.77. The van der Waals surface area contributed by atoms with Crippen LogP contribution in [-0.2, 0) is 29.2 Å². The number of hydrogen-bond donors (Lipinski definition) is 0. The number of carbonyl (C=O) groups excluding carboxylic acids is 1. The first-order valence-corrected chi connectivity index (χ1v) is 9.17. The van der Waals surface area contributed by atoms with Crippen molar-refractivity contribution in [2.24, 2.45) is 0 Å². The lowest BCUT2D eigenvalue weighted by molar-refractivity contribution is -0.140. The van der Waals surface area contributed by atoms with Crippen LogP contribution < -0.4 is 0 Å². The third kappa shape index (κ3) is 6.34. The molecule has 108 valence electrons. The van der Waals surface area contributed by atoms with Gasteiger partial charge in [-0.2, -0.15) is 0 Å². The summed E-state index contributed by atoms with van der Waals surface area (Å²) < 4.78 is 50.7. The predicted octanol–water partition coefficient (Wildman–Crippen LogP) is 0.178. The van der Waals surface area contributed by atoms with Crippen molar-refractivity contribution in [3.05, 3.63) is 0 Å². The first-order chi connectivity index (χ1) is 8.14. The largest absolute Gasteiger partial charge is 0.469 e. The zero-order valence-corrected chi connectivity index (χ0v) is 12.5. The van der Waals surface area contributed by atoms with Gasteiger partial charge in [-0.25, -0.2) is 16.8 Å². The summed E-state index contributed by atoms with van der Waals surface area (Å²) in [6, 6.07) is 0. The summed E-state index contributed by atoms with van der Waals surface area (Å²) in [5, 5.41) is -0.929. The molecule has 6 nitrogen and oxygen atoms in total. The molecule has 0 rings (SSSR count). The molecular weight excluding hydrogens is 280 g/mol. The Morgan fingerprint density at radius 1 is 1.11 bits per heavy atom. The van der Waals surface area contributed by atoms with Crippen LogP contribution in [0.4, 0.5) is 0 Å². The summed E-state index contributed by atoms with van der Waals surface area (Å²) in [5.41, 5.74) is 0. The van der Waals surface area contributed by atoms with E-state index in [1.165, 1.54) is 14.0 Å². The minimum Gasteiger partial charge on any atom is -0.469 e. The molecule has 0 N–H and O–H groups in total. The fourth-order valence-corrected chi connectivity index (χ4v) is 4.87. The van der Waals surface area contributed by atoms with E-state index in [0.717, 1.165) is 0 Å². The molecule has 0 aromatic carbocycles. The summed E-state index contributed by atoms with van der Waals surface area (Å²) in [7, 11) is -5.75. The Morgan fingerprint density at radius 2 is 1.67 bits per heavy atom. The van der Waals surface area contributed by atoms with Gasteiger partial charge in [-0.3, -0.25) is 4.79 Å². The lowest BCUT2D eigenvalue weighted by atomic mass is 10.3. The van der Waals surface area contributed by atoms with Crippen molar-refractivity contribution in [3.63, 3.8) is 0 Å². The Kier molecular flexibility index (Phi) is 6.83. The fourth-order valence-electron chi connectivity index (χ4n) is 1.30. The van der Waals surface area contributed by atoms with Gasteiger partial charge in [-0.1, -0.05) is 6.92 Å². The van der Waals surface area contributed by atoms with Crippen molar-refractivity contribution in [3.8, 4) is 0 Å². The summed E-state index contributed by atoms with van der Waals surface area (Å²) in [6.45, 7) is 3.09. The van der Waals surface area contributed by atoms with Gasteiger partial charge in [0.2, 0.25) is 0 Å². The molecule has 1 unspecified atom stereocenters. The molecule has 0 aliphatic rings. The molecule has 0 aromatic rings. The molecule has 0 bridgehead atoms. The van der Waals surface area contributed by atoms with Crippen LogP contribution in [0.3, 0.4) is 0 Å². The quantitative estimate of drug-likeness (QED) is 0.593. The summed E-state index contributed by atoms with van der Waals surface area (Å²) in [4.78, 5) is 11.0. The standard InChI is InChI=1S/C10H20O6S2/c1-4-5-17(12,13)6-7-18(14,15)9(2)8-10(11)16-3/h9H,4-8H2,1-3H3. The van der Waals surface area contributed by atoms with Crippen LogP contribution in [0.5, 0.6) is 0 Å². The zero-order valence-electron chi connectivity index (χ0n) is 10.9. The smallest absolute Gasteiger partial charge is 0.306 e. The molecule has 1 atom stereocenters. The Labute approximate surface area is 109 Å². The van der Waals surface area contributed by atoms with Crippen molar-refractivity contribution in [2.45, 2.75) is 31.9 Å². The molecule has 0 aliphatic carbocycles. The van der Waals surface area contributed by atoms with E-state index in [1.807, 2.05) is 0 Å². The van der Waals surface area contributed by atoms with E-state index in [1.54, 1.807) is 6.92 Å². The summed E-state index contributed by atoms with van der Waals surface area (Å²) in [6.07, 6.45) is 0.201. The van der Waals surface area contributed by atoms with E-state index < -0.39 is 42.4 Å². The van der Waals surface area contributed by atoms with Gasteiger partial charge in [0.05, 0.1) is 30.3 Å². The van der Waals surface area contributed by atoms with Crippen molar-refractivity contribution < 1.29 is 26.4 Å². The van der Waals surface area contributed by atoms with Crippen molar-refractivity contribution in [1.82, 2.24) is 0 Å². The second-order valence-electron chi connectivity index (χ2n) is 4.11. The molecule has 0 spiro atoms. The van der Waals surface area contributed by atoms with Crippen LogP contribution in [-0.4, -0.2) is 52.4 Å². The highest BCUT2D eigenvalue weighted by atomic mass is 32.2. The first kappa shape index (κ1) is 17.4. The van der Waals surface area contributed by atoms with Crippen molar-refractivity contribution >= 4 is 25.6 Å². The highest BCUT2D eigenvalue weighted by Gasteiger charge is 2.25. The van der Waals surface area contributed by atoms with E-state index in [-0.39, 0.29) is 12.2 Å². The predicted molar refractivity (Wildman–Crippen MR) is 68.8 cm³/mol. The van der Waals surface area contributed by atoms with Crippen LogP contribution in [0, 0.1) is 0 Å². The molecular formula is C10H20O6S2. The summed E-state index contributed by atoms with van der Waals surface area (Å²) in [5.74, 6) is -1.49. The normalized spacial score (nSPS) is 14.2. The number of hydrogen-bond acceptors (Lipinski definition) is 6. The number of rotatable bonds is 8. The average Bonchev–Trinajstić information content (AvgIpc) is 2.26. The average molecular weight is 300 g/mol. The van der Waals surface area contributed by atoms with E-state index >= 15 is 0 Å². The second kappa shape index (κ2) is 7.08. The maximum Gasteiger partial charge on any atom is 0.306 e. The van der Waals surface area contributed by atoms with Gasteiger partial charge in [-0.05, 0) is 13.3 Å². The number of sulfone groups is 2. The molecule has 0 amide bonds. The topological polar surface area (TPSA) is 94.6 Å².